The number of carbonyl (C=O) groups excluding carboxylic acids is 8. The molecule has 7 amide bonds. The van der Waals surface area contributed by atoms with Gasteiger partial charge in [-0.3, -0.25) is 42.9 Å². The van der Waals surface area contributed by atoms with E-state index in [0.717, 1.165) is 22.0 Å². The molecule has 0 fully saturated rings. The Labute approximate surface area is 473 Å². The number of carbonyl (C=O) groups is 10. The zero-order valence-electron chi connectivity index (χ0n) is 45.8. The zero-order valence-corrected chi connectivity index (χ0v) is 46.6. The van der Waals surface area contributed by atoms with E-state index in [2.05, 4.69) is 46.4 Å². The molecule has 4 rings (SSSR count). The van der Waals surface area contributed by atoms with Crippen LogP contribution >= 0.6 is 0 Å². The Morgan fingerprint density at radius 3 is 1.77 bits per heavy atom. The van der Waals surface area contributed by atoms with Crippen molar-refractivity contribution in [3.05, 3.63) is 102 Å². The van der Waals surface area contributed by atoms with Crippen LogP contribution in [-0.2, 0) is 82.3 Å². The maximum atomic E-state index is 13.6. The van der Waals surface area contributed by atoms with E-state index in [9.17, 15) is 66.6 Å². The van der Waals surface area contributed by atoms with E-state index in [1.54, 1.807) is 57.3 Å². The smallest absolute Gasteiger partial charge is 0.446 e. The summed E-state index contributed by atoms with van der Waals surface area (Å²) in [5.74, 6) is -8.02. The largest absolute Gasteiger partial charge is 0.481 e. The molecule has 0 saturated carbocycles. The third kappa shape index (κ3) is 26.1. The summed E-state index contributed by atoms with van der Waals surface area (Å²) < 4.78 is 46.0. The number of H-pyrrole nitrogens is 1. The fraction of sp³-hybridized carbons (Fsp3) is 0.455. The van der Waals surface area contributed by atoms with Gasteiger partial charge < -0.3 is 66.1 Å². The van der Waals surface area contributed by atoms with E-state index in [-0.39, 0.29) is 57.6 Å². The van der Waals surface area contributed by atoms with Crippen molar-refractivity contribution >= 4 is 80.7 Å². The molecule has 26 nitrogen and oxygen atoms in total. The molecule has 0 aliphatic heterocycles. The van der Waals surface area contributed by atoms with Crippen LogP contribution in [0, 0.1) is 0 Å². The van der Waals surface area contributed by atoms with E-state index in [1.165, 1.54) is 24.3 Å². The normalized spacial score (nSPS) is 12.7. The van der Waals surface area contributed by atoms with Gasteiger partial charge in [0, 0.05) is 62.3 Å². The lowest BCUT2D eigenvalue weighted by molar-refractivity contribution is -0.152. The molecular weight excluding hydrogens is 1090 g/mol. The first kappa shape index (κ1) is 65.9. The quantitative estimate of drug-likeness (QED) is 0.0179. The van der Waals surface area contributed by atoms with Crippen LogP contribution in [0.25, 0.3) is 10.9 Å². The number of ether oxygens (including phenoxy) is 2. The Bertz CT molecular complexity index is 2930. The van der Waals surface area contributed by atoms with Crippen LogP contribution in [0.3, 0.4) is 0 Å². The summed E-state index contributed by atoms with van der Waals surface area (Å²) in [6.45, 7) is 4.74. The van der Waals surface area contributed by atoms with Crippen molar-refractivity contribution in [2.45, 2.75) is 134 Å². The number of aliphatic carboxylic acids is 2. The fourth-order valence-electron chi connectivity index (χ4n) is 8.09. The summed E-state index contributed by atoms with van der Waals surface area (Å²) in [7, 11) is -4.75. The molecule has 446 valence electrons. The van der Waals surface area contributed by atoms with Crippen molar-refractivity contribution in [3.8, 4) is 5.75 Å². The Kier molecular flexibility index (Phi) is 26.7. The number of fused-ring (bicyclic) bond motifs is 1. The third-order valence-corrected chi connectivity index (χ3v) is 12.4. The summed E-state index contributed by atoms with van der Waals surface area (Å²) in [6, 6.07) is 16.3. The van der Waals surface area contributed by atoms with Crippen LogP contribution in [0.5, 0.6) is 5.75 Å². The van der Waals surface area contributed by atoms with Gasteiger partial charge in [-0.05, 0) is 81.3 Å². The Balaban J connectivity index is 1.21. The van der Waals surface area contributed by atoms with Crippen LogP contribution < -0.4 is 41.4 Å². The van der Waals surface area contributed by atoms with Crippen molar-refractivity contribution in [1.82, 2.24) is 42.2 Å². The van der Waals surface area contributed by atoms with Gasteiger partial charge >= 0.3 is 34.4 Å². The maximum absolute atomic E-state index is 13.6. The molecule has 82 heavy (non-hydrogen) atoms. The average molecular weight is 1170 g/mol. The van der Waals surface area contributed by atoms with Gasteiger partial charge in [0.05, 0.1) is 26.0 Å². The van der Waals surface area contributed by atoms with E-state index in [4.69, 9.17) is 14.0 Å². The van der Waals surface area contributed by atoms with Crippen LogP contribution in [0.4, 0.5) is 4.79 Å². The number of unbranched alkanes of at least 4 members (excludes halogenated alkanes) is 4. The van der Waals surface area contributed by atoms with E-state index >= 15 is 0 Å². The second-order valence-corrected chi connectivity index (χ2v) is 21.0. The summed E-state index contributed by atoms with van der Waals surface area (Å²) in [5.41, 5.74) is 2.06. The third-order valence-electron chi connectivity index (χ3n) is 12.0. The van der Waals surface area contributed by atoms with E-state index in [1.807, 2.05) is 24.3 Å². The molecule has 11 N–H and O–H groups in total. The molecule has 3 aromatic carbocycles. The van der Waals surface area contributed by atoms with Gasteiger partial charge in [-0.25, -0.2) is 9.59 Å². The van der Waals surface area contributed by atoms with Gasteiger partial charge in [0.2, 0.25) is 35.4 Å². The molecular formula is C55H72N8O18S. The molecule has 0 aliphatic rings. The highest BCUT2D eigenvalue weighted by Crippen LogP contribution is 2.20. The van der Waals surface area contributed by atoms with Gasteiger partial charge in [0.15, 0.2) is 0 Å². The Morgan fingerprint density at radius 2 is 1.16 bits per heavy atom. The molecule has 1 heterocycles. The topological polar surface area (TPSA) is 393 Å². The number of aromatic amines is 1. The summed E-state index contributed by atoms with van der Waals surface area (Å²) in [6.07, 6.45) is 1.81. The number of hydrogen-bond donors (Lipinski definition) is 11. The Hall–Kier alpha value is -8.59. The van der Waals surface area contributed by atoms with Gasteiger partial charge in [0.25, 0.3) is 0 Å². The highest BCUT2D eigenvalue weighted by Gasteiger charge is 2.31. The minimum Gasteiger partial charge on any atom is -0.481 e. The summed E-state index contributed by atoms with van der Waals surface area (Å²) in [5, 5.41) is 37.5. The Morgan fingerprint density at radius 1 is 0.585 bits per heavy atom. The van der Waals surface area contributed by atoms with Gasteiger partial charge in [-0.1, -0.05) is 73.5 Å². The van der Waals surface area contributed by atoms with Crippen LogP contribution in [0.1, 0.15) is 102 Å². The van der Waals surface area contributed by atoms with Gasteiger partial charge in [0.1, 0.15) is 35.5 Å². The predicted molar refractivity (Wildman–Crippen MR) is 295 cm³/mol. The maximum Gasteiger partial charge on any atom is 0.446 e. The van der Waals surface area contributed by atoms with Gasteiger partial charge in [-0.15, -0.1) is 0 Å². The molecule has 0 bridgehead atoms. The van der Waals surface area contributed by atoms with E-state index in [0.29, 0.717) is 44.1 Å². The van der Waals surface area contributed by atoms with Crippen LogP contribution in [0.15, 0.2) is 85.1 Å². The van der Waals surface area contributed by atoms with E-state index < -0.39 is 119 Å². The lowest BCUT2D eigenvalue weighted by atomic mass is 10.0. The van der Waals surface area contributed by atoms with Crippen LogP contribution in [-0.4, -0.2) is 144 Å². The number of carboxylic acids is 2. The highest BCUT2D eigenvalue weighted by molar-refractivity contribution is 7.81. The zero-order chi connectivity index (χ0) is 60.2. The second-order valence-electron chi connectivity index (χ2n) is 20.0. The number of para-hydroxylation sites is 1. The lowest BCUT2D eigenvalue weighted by Gasteiger charge is -2.23. The van der Waals surface area contributed by atoms with Crippen molar-refractivity contribution in [1.29, 1.82) is 0 Å². The van der Waals surface area contributed by atoms with Crippen molar-refractivity contribution in [3.63, 3.8) is 0 Å². The summed E-state index contributed by atoms with van der Waals surface area (Å²) in [4.78, 5) is 130. The number of nitrogens with one attached hydrogen (secondary N) is 8. The first-order valence-electron chi connectivity index (χ1n) is 26.5. The summed E-state index contributed by atoms with van der Waals surface area (Å²) >= 11 is 0. The number of aromatic nitrogens is 1. The molecule has 0 unspecified atom stereocenters. The molecule has 0 radical (unpaired) electrons. The fourth-order valence-corrected chi connectivity index (χ4v) is 8.44. The molecule has 1 aromatic heterocycles. The number of esters is 1. The number of amides is 7. The number of hydrogen-bond acceptors (Lipinski definition) is 15. The van der Waals surface area contributed by atoms with Crippen LogP contribution in [0.2, 0.25) is 0 Å². The average Bonchev–Trinajstić information content (AvgIpc) is 3.95. The monoisotopic (exact) mass is 1160 g/mol. The highest BCUT2D eigenvalue weighted by atomic mass is 32.3. The number of benzene rings is 3. The number of alkyl carbamates (subject to hydrolysis) is 1. The standard InChI is InChI=1S/C55H72N8O18S/c1-55(2,3)80-54(75)63-41(29-36-21-23-38(24-22-36)81-82(76,77)78)50(71)56-26-13-5-9-19-45(64)59-34-47(66)61-42(30-37-33-58-40-18-12-11-17-39(37)40)51(72)57-27-14-6-10-20-46(65)60-43(31-48(67)68)52(73)62-44(32-49(69)70)53(74)79-28-25-35-15-7-4-8-16-35/h4,7-8,11-12,15-18,21-24,33,41-44,58H,5-6,9-10,13-14,19-20,25-32,34H2,1-3H3,(H,56,71)(H,57,72)(H,59,64)(H,60,65)(H,61,66)(H,62,73)(H,63,75)(H,67,68)(H,69,70)(H,76,77,78)/t41-,42-,43-,44-/m0/s1. The lowest BCUT2D eigenvalue weighted by Crippen LogP contribution is -2.53. The number of rotatable bonds is 35. The SMILES string of the molecule is CC(C)(C)OC(=O)N[C@@H](Cc1ccc(OS(=O)(=O)O)cc1)C(=O)NCCCCCC(=O)NCC(=O)N[C@@H](Cc1c[nH]c2ccccc12)C(=O)NCCCCCC(=O)N[C@@H](CC(=O)O)C(=O)N[C@@H](CC(=O)O)C(=O)OCCc1ccccc1. The molecule has 0 aliphatic carbocycles. The molecule has 4 atom stereocenters. The molecule has 27 heteroatoms. The van der Waals surface area contributed by atoms with Crippen molar-refractivity contribution < 1.29 is 84.8 Å². The molecule has 4 aromatic rings. The first-order chi connectivity index (χ1) is 38.8. The van der Waals surface area contributed by atoms with Gasteiger partial charge in [-0.2, -0.15) is 8.42 Å². The van der Waals surface area contributed by atoms with Crippen molar-refractivity contribution in [2.24, 2.45) is 0 Å². The predicted octanol–water partition coefficient (Wildman–Crippen LogP) is 2.69. The second kappa shape index (κ2) is 33.2. The molecule has 0 saturated heterocycles. The minimum absolute atomic E-state index is 0.0135. The first-order valence-corrected chi connectivity index (χ1v) is 27.9. The minimum atomic E-state index is -4.75. The van der Waals surface area contributed by atoms with Crippen molar-refractivity contribution in [2.75, 3.05) is 26.2 Å². The number of carboxylic acid groups (broad SMARTS) is 2. The molecule has 0 spiro atoms.